The van der Waals surface area contributed by atoms with Gasteiger partial charge in [0, 0.05) is 17.3 Å². The van der Waals surface area contributed by atoms with Crippen LogP contribution in [0.1, 0.15) is 55.7 Å². The lowest BCUT2D eigenvalue weighted by molar-refractivity contribution is 0.362. The zero-order valence-electron chi connectivity index (χ0n) is 12.3. The van der Waals surface area contributed by atoms with Gasteiger partial charge in [-0.15, -0.1) is 0 Å². The highest BCUT2D eigenvalue weighted by atomic mass is 32.2. The predicted octanol–water partition coefficient (Wildman–Crippen LogP) is 4.04. The van der Waals surface area contributed by atoms with Crippen molar-refractivity contribution in [2.45, 2.75) is 55.7 Å². The normalized spacial score (nSPS) is 24.6. The summed E-state index contributed by atoms with van der Waals surface area (Å²) < 4.78 is 0.456. The van der Waals surface area contributed by atoms with Crippen LogP contribution < -0.4 is 5.32 Å². The Balaban J connectivity index is 1.65. The second-order valence-corrected chi connectivity index (χ2v) is 7.58. The molecular formula is C17H25NOS. The molecule has 2 aliphatic rings. The Hall–Kier alpha value is -0.670. The van der Waals surface area contributed by atoms with Gasteiger partial charge in [0.2, 0.25) is 0 Å². The van der Waals surface area contributed by atoms with Gasteiger partial charge in [-0.3, -0.25) is 0 Å². The lowest BCUT2D eigenvalue weighted by Crippen LogP contribution is -2.40. The third kappa shape index (κ3) is 2.84. The first-order valence-electron chi connectivity index (χ1n) is 7.83. The fraction of sp³-hybridized carbons (Fsp3) is 0.647. The molecule has 0 heterocycles. The molecule has 0 aliphatic heterocycles. The molecule has 3 rings (SSSR count). The summed E-state index contributed by atoms with van der Waals surface area (Å²) in [4.78, 5) is 0. The van der Waals surface area contributed by atoms with Crippen molar-refractivity contribution >= 4 is 11.8 Å². The molecule has 1 unspecified atom stereocenters. The second kappa shape index (κ2) is 5.98. The van der Waals surface area contributed by atoms with Gasteiger partial charge in [0.25, 0.3) is 0 Å². The minimum absolute atomic E-state index is 0.400. The largest absolute Gasteiger partial charge is 0.508 e. The molecule has 1 aromatic rings. The van der Waals surface area contributed by atoms with E-state index in [2.05, 4.69) is 29.4 Å². The molecule has 1 saturated carbocycles. The van der Waals surface area contributed by atoms with Crippen LogP contribution >= 0.6 is 11.8 Å². The maximum atomic E-state index is 9.57. The van der Waals surface area contributed by atoms with Gasteiger partial charge in [-0.2, -0.15) is 11.8 Å². The van der Waals surface area contributed by atoms with E-state index in [4.69, 9.17) is 0 Å². The van der Waals surface area contributed by atoms with E-state index in [1.165, 1.54) is 49.7 Å². The average Bonchev–Trinajstić information content (AvgIpc) is 2.88. The molecule has 0 spiro atoms. The van der Waals surface area contributed by atoms with Crippen LogP contribution in [-0.2, 0) is 6.42 Å². The van der Waals surface area contributed by atoms with Crippen LogP contribution in [0.2, 0.25) is 0 Å². The van der Waals surface area contributed by atoms with Crippen molar-refractivity contribution in [1.82, 2.24) is 5.32 Å². The SMILES string of the molecule is CSC1(CNC2CCc3cc(O)ccc32)CCCCC1. The number of fused-ring (bicyclic) bond motifs is 1. The third-order valence-electron chi connectivity index (χ3n) is 5.07. The van der Waals surface area contributed by atoms with E-state index in [-0.39, 0.29) is 0 Å². The monoisotopic (exact) mass is 291 g/mol. The molecule has 1 atom stereocenters. The highest BCUT2D eigenvalue weighted by Gasteiger charge is 2.32. The second-order valence-electron chi connectivity index (χ2n) is 6.30. The van der Waals surface area contributed by atoms with Crippen molar-refractivity contribution in [3.05, 3.63) is 29.3 Å². The van der Waals surface area contributed by atoms with Crippen LogP contribution in [0, 0.1) is 0 Å². The van der Waals surface area contributed by atoms with Crippen LogP contribution in [0.5, 0.6) is 5.75 Å². The van der Waals surface area contributed by atoms with Gasteiger partial charge in [0.05, 0.1) is 0 Å². The summed E-state index contributed by atoms with van der Waals surface area (Å²) in [6.45, 7) is 1.12. The number of benzene rings is 1. The van der Waals surface area contributed by atoms with E-state index in [0.717, 1.165) is 13.0 Å². The topological polar surface area (TPSA) is 32.3 Å². The Bertz CT molecular complexity index is 468. The smallest absolute Gasteiger partial charge is 0.115 e. The quantitative estimate of drug-likeness (QED) is 0.878. The van der Waals surface area contributed by atoms with Crippen LogP contribution in [0.25, 0.3) is 0 Å². The molecule has 2 aliphatic carbocycles. The van der Waals surface area contributed by atoms with Crippen molar-refractivity contribution in [2.24, 2.45) is 0 Å². The van der Waals surface area contributed by atoms with E-state index < -0.39 is 0 Å². The van der Waals surface area contributed by atoms with Crippen LogP contribution in [0.15, 0.2) is 18.2 Å². The summed E-state index contributed by atoms with van der Waals surface area (Å²) >= 11 is 2.06. The van der Waals surface area contributed by atoms with Crippen molar-refractivity contribution < 1.29 is 5.11 Å². The molecule has 3 heteroatoms. The summed E-state index contributed by atoms with van der Waals surface area (Å²) in [5, 5.41) is 13.4. The number of aromatic hydroxyl groups is 1. The summed E-state index contributed by atoms with van der Waals surface area (Å²) in [5.74, 6) is 0.400. The van der Waals surface area contributed by atoms with Gasteiger partial charge in [0.1, 0.15) is 5.75 Å². The molecule has 0 saturated heterocycles. The lowest BCUT2D eigenvalue weighted by atomic mass is 9.88. The summed E-state index contributed by atoms with van der Waals surface area (Å²) in [5.41, 5.74) is 2.72. The standard InChI is InChI=1S/C17H25NOS/c1-20-17(9-3-2-4-10-17)12-18-16-8-5-13-11-14(19)6-7-15(13)16/h6-7,11,16,18-19H,2-5,8-10,12H2,1H3. The number of nitrogens with one attached hydrogen (secondary N) is 1. The molecule has 1 fully saturated rings. The minimum atomic E-state index is 0.400. The Labute approximate surface area is 126 Å². The number of thioether (sulfide) groups is 1. The van der Waals surface area contributed by atoms with Crippen LogP contribution in [-0.4, -0.2) is 22.7 Å². The Morgan fingerprint density at radius 1 is 1.30 bits per heavy atom. The maximum absolute atomic E-state index is 9.57. The van der Waals surface area contributed by atoms with E-state index in [1.54, 1.807) is 0 Å². The first-order chi connectivity index (χ1) is 9.72. The average molecular weight is 291 g/mol. The Morgan fingerprint density at radius 3 is 2.85 bits per heavy atom. The number of phenols is 1. The van der Waals surface area contributed by atoms with Crippen molar-refractivity contribution in [1.29, 1.82) is 0 Å². The first kappa shape index (κ1) is 14.3. The molecule has 110 valence electrons. The fourth-order valence-corrected chi connectivity index (χ4v) is 4.70. The molecule has 1 aromatic carbocycles. The molecule has 0 bridgehead atoms. The number of phenolic OH excluding ortho intramolecular Hbond substituents is 1. The molecule has 0 amide bonds. The molecule has 2 nitrogen and oxygen atoms in total. The fourth-order valence-electron chi connectivity index (χ4n) is 3.77. The van der Waals surface area contributed by atoms with E-state index >= 15 is 0 Å². The number of aryl methyl sites for hydroxylation is 1. The Kier molecular flexibility index (Phi) is 4.27. The minimum Gasteiger partial charge on any atom is -0.508 e. The highest BCUT2D eigenvalue weighted by molar-refractivity contribution is 8.00. The zero-order chi connectivity index (χ0) is 14.0. The van der Waals surface area contributed by atoms with E-state index in [9.17, 15) is 5.11 Å². The summed E-state index contributed by atoms with van der Waals surface area (Å²) in [7, 11) is 0. The molecule has 0 aromatic heterocycles. The molecule has 0 radical (unpaired) electrons. The first-order valence-corrected chi connectivity index (χ1v) is 9.05. The van der Waals surface area contributed by atoms with E-state index in [1.807, 2.05) is 12.1 Å². The van der Waals surface area contributed by atoms with Crippen molar-refractivity contribution in [3.8, 4) is 5.75 Å². The van der Waals surface area contributed by atoms with Crippen LogP contribution in [0.4, 0.5) is 0 Å². The molecular weight excluding hydrogens is 266 g/mol. The van der Waals surface area contributed by atoms with Crippen molar-refractivity contribution in [3.63, 3.8) is 0 Å². The highest BCUT2D eigenvalue weighted by Crippen LogP contribution is 2.39. The van der Waals surface area contributed by atoms with E-state index in [0.29, 0.717) is 16.5 Å². The predicted molar refractivity (Wildman–Crippen MR) is 86.5 cm³/mol. The van der Waals surface area contributed by atoms with Crippen LogP contribution in [0.3, 0.4) is 0 Å². The van der Waals surface area contributed by atoms with Gasteiger partial charge in [0.15, 0.2) is 0 Å². The summed E-state index contributed by atoms with van der Waals surface area (Å²) in [6.07, 6.45) is 11.4. The number of rotatable bonds is 4. The Morgan fingerprint density at radius 2 is 2.10 bits per heavy atom. The lowest BCUT2D eigenvalue weighted by Gasteiger charge is -2.37. The summed E-state index contributed by atoms with van der Waals surface area (Å²) in [6, 6.07) is 6.34. The molecule has 20 heavy (non-hydrogen) atoms. The maximum Gasteiger partial charge on any atom is 0.115 e. The third-order valence-corrected chi connectivity index (χ3v) is 6.49. The number of hydrogen-bond acceptors (Lipinski definition) is 3. The zero-order valence-corrected chi connectivity index (χ0v) is 13.1. The van der Waals surface area contributed by atoms with Gasteiger partial charge in [-0.05, 0) is 55.2 Å². The van der Waals surface area contributed by atoms with Crippen molar-refractivity contribution in [2.75, 3.05) is 12.8 Å². The van der Waals surface area contributed by atoms with Gasteiger partial charge < -0.3 is 10.4 Å². The van der Waals surface area contributed by atoms with Gasteiger partial charge in [-0.25, -0.2) is 0 Å². The van der Waals surface area contributed by atoms with Gasteiger partial charge in [-0.1, -0.05) is 25.3 Å². The van der Waals surface area contributed by atoms with Gasteiger partial charge >= 0.3 is 0 Å². The number of hydrogen-bond donors (Lipinski definition) is 2. The molecule has 2 N–H and O–H groups in total.